The Morgan fingerprint density at radius 3 is 2.57 bits per heavy atom. The molecule has 0 radical (unpaired) electrons. The van der Waals surface area contributed by atoms with Crippen LogP contribution < -0.4 is 9.46 Å². The van der Waals surface area contributed by atoms with Crippen molar-refractivity contribution in [1.82, 2.24) is 0 Å². The first-order valence-electron chi connectivity index (χ1n) is 6.14. The third kappa shape index (κ3) is 3.33. The highest BCUT2D eigenvalue weighted by Crippen LogP contribution is 2.23. The molecule has 0 aromatic heterocycles. The number of nitrogens with zero attached hydrogens (tertiary/aromatic N) is 1. The Labute approximate surface area is 123 Å². The summed E-state index contributed by atoms with van der Waals surface area (Å²) in [5.41, 5.74) is 1.56. The minimum Gasteiger partial charge on any atom is -0.496 e. The van der Waals surface area contributed by atoms with Crippen LogP contribution in [0.25, 0.3) is 0 Å². The van der Waals surface area contributed by atoms with E-state index in [2.05, 4.69) is 4.72 Å². The van der Waals surface area contributed by atoms with Gasteiger partial charge in [-0.25, -0.2) is 8.42 Å². The summed E-state index contributed by atoms with van der Waals surface area (Å²) in [5.74, 6) is 0.685. The van der Waals surface area contributed by atoms with Gasteiger partial charge in [-0.1, -0.05) is 6.07 Å². The minimum atomic E-state index is -3.72. The van der Waals surface area contributed by atoms with E-state index in [0.717, 1.165) is 5.56 Å². The topological polar surface area (TPSA) is 79.2 Å². The largest absolute Gasteiger partial charge is 0.496 e. The van der Waals surface area contributed by atoms with Crippen LogP contribution in [0.4, 0.5) is 5.69 Å². The number of hydrogen-bond acceptors (Lipinski definition) is 4. The highest BCUT2D eigenvalue weighted by molar-refractivity contribution is 7.92. The van der Waals surface area contributed by atoms with Crippen molar-refractivity contribution in [3.63, 3.8) is 0 Å². The fourth-order valence-electron chi connectivity index (χ4n) is 1.89. The smallest absolute Gasteiger partial charge is 0.261 e. The number of rotatable bonds is 4. The van der Waals surface area contributed by atoms with Gasteiger partial charge in [-0.15, -0.1) is 0 Å². The van der Waals surface area contributed by atoms with Gasteiger partial charge in [0.05, 0.1) is 23.6 Å². The second kappa shape index (κ2) is 5.85. The maximum Gasteiger partial charge on any atom is 0.261 e. The van der Waals surface area contributed by atoms with E-state index < -0.39 is 10.0 Å². The maximum absolute atomic E-state index is 12.3. The lowest BCUT2D eigenvalue weighted by molar-refractivity contribution is 0.412. The molecule has 0 aliphatic rings. The van der Waals surface area contributed by atoms with Gasteiger partial charge in [-0.3, -0.25) is 4.72 Å². The van der Waals surface area contributed by atoms with E-state index in [-0.39, 0.29) is 4.90 Å². The van der Waals surface area contributed by atoms with Crippen molar-refractivity contribution in [2.24, 2.45) is 0 Å². The lowest BCUT2D eigenvalue weighted by atomic mass is 10.2. The van der Waals surface area contributed by atoms with Crippen molar-refractivity contribution in [2.75, 3.05) is 11.8 Å². The summed E-state index contributed by atoms with van der Waals surface area (Å²) in [5, 5.41) is 8.83. The number of benzene rings is 2. The Morgan fingerprint density at radius 2 is 1.95 bits per heavy atom. The average Bonchev–Trinajstić information content (AvgIpc) is 2.47. The number of sulfonamides is 1. The van der Waals surface area contributed by atoms with Crippen molar-refractivity contribution in [3.05, 3.63) is 53.6 Å². The van der Waals surface area contributed by atoms with E-state index in [1.807, 2.05) is 13.0 Å². The van der Waals surface area contributed by atoms with Crippen molar-refractivity contribution >= 4 is 15.7 Å². The normalized spacial score (nSPS) is 10.7. The van der Waals surface area contributed by atoms with Crippen LogP contribution >= 0.6 is 0 Å². The number of methoxy groups -OCH3 is 1. The van der Waals surface area contributed by atoms with Gasteiger partial charge in [-0.2, -0.15) is 5.26 Å². The molecule has 6 heteroatoms. The van der Waals surface area contributed by atoms with Gasteiger partial charge in [0.1, 0.15) is 5.75 Å². The van der Waals surface area contributed by atoms with E-state index in [9.17, 15) is 8.42 Å². The molecule has 21 heavy (non-hydrogen) atoms. The van der Waals surface area contributed by atoms with E-state index in [1.54, 1.807) is 31.4 Å². The molecule has 0 heterocycles. The van der Waals surface area contributed by atoms with E-state index >= 15 is 0 Å². The number of aryl methyl sites for hydroxylation is 1. The second-order valence-electron chi connectivity index (χ2n) is 4.43. The number of anilines is 1. The highest BCUT2D eigenvalue weighted by Gasteiger charge is 2.15. The molecular formula is C15H14N2O3S. The summed E-state index contributed by atoms with van der Waals surface area (Å²) in [6.07, 6.45) is 0. The number of ether oxygens (including phenoxy) is 1. The van der Waals surface area contributed by atoms with Crippen LogP contribution in [0.15, 0.2) is 47.4 Å². The lowest BCUT2D eigenvalue weighted by Gasteiger charge is -2.10. The molecule has 2 rings (SSSR count). The fourth-order valence-corrected chi connectivity index (χ4v) is 2.98. The predicted molar refractivity (Wildman–Crippen MR) is 79.7 cm³/mol. The van der Waals surface area contributed by atoms with Gasteiger partial charge >= 0.3 is 0 Å². The van der Waals surface area contributed by atoms with E-state index in [4.69, 9.17) is 10.00 Å². The van der Waals surface area contributed by atoms with Crippen molar-refractivity contribution in [1.29, 1.82) is 5.26 Å². The molecule has 0 fully saturated rings. The molecule has 2 aromatic rings. The van der Waals surface area contributed by atoms with E-state index in [0.29, 0.717) is 17.0 Å². The SMILES string of the molecule is COc1ccc(NS(=O)(=O)c2cccc(C#N)c2)cc1C. The summed E-state index contributed by atoms with van der Waals surface area (Å²) >= 11 is 0. The zero-order valence-corrected chi connectivity index (χ0v) is 12.4. The Balaban J connectivity index is 2.33. The molecule has 0 amide bonds. The van der Waals surface area contributed by atoms with Crippen LogP contribution in [0.5, 0.6) is 5.75 Å². The molecule has 0 saturated heterocycles. The molecule has 0 saturated carbocycles. The lowest BCUT2D eigenvalue weighted by Crippen LogP contribution is -2.13. The minimum absolute atomic E-state index is 0.0509. The van der Waals surface area contributed by atoms with Gasteiger partial charge in [0.15, 0.2) is 0 Å². The third-order valence-corrected chi connectivity index (χ3v) is 4.30. The quantitative estimate of drug-likeness (QED) is 0.941. The van der Waals surface area contributed by atoms with Crippen LogP contribution in [0.2, 0.25) is 0 Å². The first kappa shape index (κ1) is 14.9. The first-order valence-corrected chi connectivity index (χ1v) is 7.62. The molecule has 0 aliphatic carbocycles. The molecule has 0 unspecified atom stereocenters. The molecule has 108 valence electrons. The standard InChI is InChI=1S/C15H14N2O3S/c1-11-8-13(6-7-15(11)20-2)17-21(18,19)14-5-3-4-12(9-14)10-16/h3-9,17H,1-2H3. The van der Waals surface area contributed by atoms with Crippen LogP contribution in [-0.4, -0.2) is 15.5 Å². The number of nitriles is 1. The Hall–Kier alpha value is -2.52. The van der Waals surface area contributed by atoms with Gasteiger partial charge in [0.25, 0.3) is 10.0 Å². The monoisotopic (exact) mass is 302 g/mol. The van der Waals surface area contributed by atoms with Gasteiger partial charge < -0.3 is 4.74 Å². The number of hydrogen-bond donors (Lipinski definition) is 1. The molecule has 0 aliphatic heterocycles. The van der Waals surface area contributed by atoms with Gasteiger partial charge in [0, 0.05) is 5.69 Å². The maximum atomic E-state index is 12.3. The zero-order chi connectivity index (χ0) is 15.5. The summed E-state index contributed by atoms with van der Waals surface area (Å²) < 4.78 is 32.2. The van der Waals surface area contributed by atoms with Crippen molar-refractivity contribution < 1.29 is 13.2 Å². The Morgan fingerprint density at radius 1 is 1.19 bits per heavy atom. The summed E-state index contributed by atoms with van der Waals surface area (Å²) in [6.45, 7) is 1.83. The van der Waals surface area contributed by atoms with Crippen molar-refractivity contribution in [3.8, 4) is 11.8 Å². The first-order chi connectivity index (χ1) is 9.96. The number of nitrogens with one attached hydrogen (secondary N) is 1. The molecule has 5 nitrogen and oxygen atoms in total. The molecular weight excluding hydrogens is 288 g/mol. The fraction of sp³-hybridized carbons (Fsp3) is 0.133. The summed E-state index contributed by atoms with van der Waals surface area (Å²) in [6, 6.07) is 12.8. The van der Waals surface area contributed by atoms with Crippen LogP contribution in [-0.2, 0) is 10.0 Å². The highest BCUT2D eigenvalue weighted by atomic mass is 32.2. The van der Waals surface area contributed by atoms with E-state index in [1.165, 1.54) is 18.2 Å². The molecule has 1 N–H and O–H groups in total. The second-order valence-corrected chi connectivity index (χ2v) is 6.11. The Kier molecular flexibility index (Phi) is 4.15. The van der Waals surface area contributed by atoms with Gasteiger partial charge in [-0.05, 0) is 48.9 Å². The molecule has 0 atom stereocenters. The molecule has 0 spiro atoms. The van der Waals surface area contributed by atoms with Crippen molar-refractivity contribution in [2.45, 2.75) is 11.8 Å². The summed E-state index contributed by atoms with van der Waals surface area (Å²) in [7, 11) is -2.17. The molecule has 0 bridgehead atoms. The van der Waals surface area contributed by atoms with Crippen LogP contribution in [0, 0.1) is 18.3 Å². The van der Waals surface area contributed by atoms with Gasteiger partial charge in [0.2, 0.25) is 0 Å². The third-order valence-electron chi connectivity index (χ3n) is 2.92. The Bertz CT molecular complexity index is 808. The van der Waals surface area contributed by atoms with Crippen LogP contribution in [0.1, 0.15) is 11.1 Å². The molecule has 2 aromatic carbocycles. The summed E-state index contributed by atoms with van der Waals surface area (Å²) in [4.78, 5) is 0.0509. The van der Waals surface area contributed by atoms with Crippen LogP contribution in [0.3, 0.4) is 0 Å². The average molecular weight is 302 g/mol. The zero-order valence-electron chi connectivity index (χ0n) is 11.6. The predicted octanol–water partition coefficient (Wildman–Crippen LogP) is 2.68.